The molecule has 0 radical (unpaired) electrons. The molecule has 0 saturated carbocycles. The van der Waals surface area contributed by atoms with Gasteiger partial charge in [-0.05, 0) is 38.8 Å². The van der Waals surface area contributed by atoms with Crippen molar-refractivity contribution in [2.75, 3.05) is 13.1 Å². The molecule has 1 atom stereocenters. The van der Waals surface area contributed by atoms with Gasteiger partial charge in [0.25, 0.3) is 0 Å². The molecule has 22 heavy (non-hydrogen) atoms. The molecule has 0 bridgehead atoms. The maximum absolute atomic E-state index is 6.06. The number of rotatable bonds is 3. The van der Waals surface area contributed by atoms with E-state index in [2.05, 4.69) is 28.1 Å². The molecule has 0 amide bonds. The summed E-state index contributed by atoms with van der Waals surface area (Å²) in [5.74, 6) is 0.911. The van der Waals surface area contributed by atoms with Crippen molar-refractivity contribution >= 4 is 0 Å². The van der Waals surface area contributed by atoms with Gasteiger partial charge in [-0.2, -0.15) is 0 Å². The minimum Gasteiger partial charge on any atom is -0.328 e. The molecule has 2 aromatic rings. The van der Waals surface area contributed by atoms with E-state index >= 15 is 0 Å². The van der Waals surface area contributed by atoms with Crippen molar-refractivity contribution in [2.45, 2.75) is 38.8 Å². The summed E-state index contributed by atoms with van der Waals surface area (Å²) >= 11 is 0. The number of aryl methyl sites for hydroxylation is 1. The van der Waals surface area contributed by atoms with Gasteiger partial charge in [-0.25, -0.2) is 9.97 Å². The maximum Gasteiger partial charge on any atom is 0.143 e. The predicted molar refractivity (Wildman–Crippen MR) is 89.3 cm³/mol. The van der Waals surface area contributed by atoms with Crippen LogP contribution in [0.5, 0.6) is 0 Å². The fourth-order valence-corrected chi connectivity index (χ4v) is 3.00. The van der Waals surface area contributed by atoms with Gasteiger partial charge in [0, 0.05) is 23.8 Å². The van der Waals surface area contributed by atoms with Crippen LogP contribution >= 0.6 is 0 Å². The zero-order valence-electron chi connectivity index (χ0n) is 13.2. The van der Waals surface area contributed by atoms with E-state index in [1.807, 2.05) is 25.1 Å². The fourth-order valence-electron chi connectivity index (χ4n) is 3.00. The number of nitrogens with two attached hydrogens (primary N) is 1. The Morgan fingerprint density at radius 2 is 1.95 bits per heavy atom. The zero-order valence-corrected chi connectivity index (χ0v) is 13.2. The highest BCUT2D eigenvalue weighted by Gasteiger charge is 2.15. The highest BCUT2D eigenvalue weighted by atomic mass is 15.1. The summed E-state index contributed by atoms with van der Waals surface area (Å²) in [5, 5.41) is 0. The molecule has 4 nitrogen and oxygen atoms in total. The van der Waals surface area contributed by atoms with E-state index in [0.29, 0.717) is 6.04 Å². The maximum atomic E-state index is 6.06. The summed E-state index contributed by atoms with van der Waals surface area (Å²) in [7, 11) is 0. The number of aromatic nitrogens is 2. The van der Waals surface area contributed by atoms with E-state index in [1.54, 1.807) is 0 Å². The Hall–Kier alpha value is -1.78. The van der Waals surface area contributed by atoms with Crippen molar-refractivity contribution in [3.8, 4) is 11.3 Å². The van der Waals surface area contributed by atoms with Gasteiger partial charge < -0.3 is 5.73 Å². The Bertz CT molecular complexity index is 612. The molecule has 1 aliphatic heterocycles. The lowest BCUT2D eigenvalue weighted by molar-refractivity contribution is 0.269. The van der Waals surface area contributed by atoms with E-state index < -0.39 is 0 Å². The molecule has 0 spiro atoms. The molecule has 1 saturated heterocycles. The first-order chi connectivity index (χ1) is 10.7. The SMILES string of the molecule is Cc1cc(-c2ccccc2)nc(CN2CCC[C@@H](N)CC2)n1. The summed E-state index contributed by atoms with van der Waals surface area (Å²) in [5.41, 5.74) is 9.23. The molecule has 1 fully saturated rings. The van der Waals surface area contributed by atoms with Crippen molar-refractivity contribution in [2.24, 2.45) is 5.73 Å². The van der Waals surface area contributed by atoms with Gasteiger partial charge in [-0.15, -0.1) is 0 Å². The average molecular weight is 296 g/mol. The standard InChI is InChI=1S/C18H24N4/c1-14-12-17(15-6-3-2-4-7-15)21-18(20-14)13-22-10-5-8-16(19)9-11-22/h2-4,6-7,12,16H,5,8-11,13,19H2,1H3/t16-/m1/s1. The third-order valence-corrected chi connectivity index (χ3v) is 4.20. The van der Waals surface area contributed by atoms with Gasteiger partial charge in [0.2, 0.25) is 0 Å². The van der Waals surface area contributed by atoms with E-state index in [-0.39, 0.29) is 0 Å². The minimum absolute atomic E-state index is 0.350. The summed E-state index contributed by atoms with van der Waals surface area (Å²) in [6.07, 6.45) is 3.36. The van der Waals surface area contributed by atoms with E-state index in [1.165, 1.54) is 6.42 Å². The Balaban J connectivity index is 1.78. The monoisotopic (exact) mass is 296 g/mol. The van der Waals surface area contributed by atoms with Crippen LogP contribution in [-0.4, -0.2) is 34.0 Å². The highest BCUT2D eigenvalue weighted by molar-refractivity contribution is 5.58. The number of nitrogens with zero attached hydrogens (tertiary/aromatic N) is 3. The molecule has 1 aliphatic rings. The molecule has 2 heterocycles. The van der Waals surface area contributed by atoms with Crippen molar-refractivity contribution in [1.29, 1.82) is 0 Å². The molecule has 0 aliphatic carbocycles. The van der Waals surface area contributed by atoms with Crippen LogP contribution in [0.2, 0.25) is 0 Å². The van der Waals surface area contributed by atoms with E-state index in [9.17, 15) is 0 Å². The number of benzene rings is 1. The lowest BCUT2D eigenvalue weighted by Gasteiger charge is -2.19. The van der Waals surface area contributed by atoms with Crippen molar-refractivity contribution < 1.29 is 0 Å². The molecule has 4 heteroatoms. The van der Waals surface area contributed by atoms with Crippen molar-refractivity contribution in [3.05, 3.63) is 47.9 Å². The Labute approximate surface area is 132 Å². The lowest BCUT2D eigenvalue weighted by atomic mass is 10.1. The molecule has 1 aromatic carbocycles. The molecule has 116 valence electrons. The second-order valence-corrected chi connectivity index (χ2v) is 6.14. The van der Waals surface area contributed by atoms with Gasteiger partial charge in [-0.1, -0.05) is 30.3 Å². The molecule has 1 aromatic heterocycles. The fraction of sp³-hybridized carbons (Fsp3) is 0.444. The summed E-state index contributed by atoms with van der Waals surface area (Å²) in [6.45, 7) is 4.98. The first-order valence-corrected chi connectivity index (χ1v) is 8.08. The smallest absolute Gasteiger partial charge is 0.143 e. The number of likely N-dealkylation sites (tertiary alicyclic amines) is 1. The highest BCUT2D eigenvalue weighted by Crippen LogP contribution is 2.18. The quantitative estimate of drug-likeness (QED) is 0.946. The molecular formula is C18H24N4. The van der Waals surface area contributed by atoms with Crippen molar-refractivity contribution in [1.82, 2.24) is 14.9 Å². The zero-order chi connectivity index (χ0) is 15.4. The summed E-state index contributed by atoms with van der Waals surface area (Å²) in [4.78, 5) is 11.8. The van der Waals surface area contributed by atoms with Crippen LogP contribution in [0, 0.1) is 6.92 Å². The Kier molecular flexibility index (Phi) is 4.80. The average Bonchev–Trinajstić information content (AvgIpc) is 2.72. The van der Waals surface area contributed by atoms with Crippen LogP contribution < -0.4 is 5.73 Å². The molecule has 0 unspecified atom stereocenters. The van der Waals surface area contributed by atoms with Crippen LogP contribution in [0.3, 0.4) is 0 Å². The van der Waals surface area contributed by atoms with E-state index in [4.69, 9.17) is 10.7 Å². The van der Waals surface area contributed by atoms with Crippen LogP contribution in [0.25, 0.3) is 11.3 Å². The van der Waals surface area contributed by atoms with E-state index in [0.717, 1.165) is 55.3 Å². The second-order valence-electron chi connectivity index (χ2n) is 6.14. The molecule has 3 rings (SSSR count). The van der Waals surface area contributed by atoms with Gasteiger partial charge in [0.15, 0.2) is 0 Å². The topological polar surface area (TPSA) is 55.0 Å². The second kappa shape index (κ2) is 6.99. The Morgan fingerprint density at radius 3 is 2.77 bits per heavy atom. The third-order valence-electron chi connectivity index (χ3n) is 4.20. The minimum atomic E-state index is 0.350. The Morgan fingerprint density at radius 1 is 1.14 bits per heavy atom. The van der Waals surface area contributed by atoms with Crippen LogP contribution in [0.1, 0.15) is 30.8 Å². The van der Waals surface area contributed by atoms with Gasteiger partial charge >= 0.3 is 0 Å². The summed E-state index contributed by atoms with van der Waals surface area (Å²) in [6, 6.07) is 12.7. The van der Waals surface area contributed by atoms with Crippen LogP contribution in [-0.2, 0) is 6.54 Å². The predicted octanol–water partition coefficient (Wildman–Crippen LogP) is 2.77. The summed E-state index contributed by atoms with van der Waals surface area (Å²) < 4.78 is 0. The molecule has 2 N–H and O–H groups in total. The third kappa shape index (κ3) is 3.90. The number of hydrogen-bond donors (Lipinski definition) is 1. The number of hydrogen-bond acceptors (Lipinski definition) is 4. The first-order valence-electron chi connectivity index (χ1n) is 8.08. The van der Waals surface area contributed by atoms with Crippen molar-refractivity contribution in [3.63, 3.8) is 0 Å². The van der Waals surface area contributed by atoms with Gasteiger partial charge in [0.05, 0.1) is 12.2 Å². The lowest BCUT2D eigenvalue weighted by Crippen LogP contribution is -2.27. The first kappa shape index (κ1) is 15.1. The van der Waals surface area contributed by atoms with Gasteiger partial charge in [0.1, 0.15) is 5.82 Å². The normalized spacial score (nSPS) is 19.8. The van der Waals surface area contributed by atoms with Crippen LogP contribution in [0.15, 0.2) is 36.4 Å². The largest absolute Gasteiger partial charge is 0.328 e. The van der Waals surface area contributed by atoms with Crippen LogP contribution in [0.4, 0.5) is 0 Å². The molecular weight excluding hydrogens is 272 g/mol. The van der Waals surface area contributed by atoms with Gasteiger partial charge in [-0.3, -0.25) is 4.90 Å².